The van der Waals surface area contributed by atoms with E-state index in [-0.39, 0.29) is 18.3 Å². The van der Waals surface area contributed by atoms with E-state index in [1.165, 1.54) is 23.5 Å². The quantitative estimate of drug-likeness (QED) is 0.281. The summed E-state index contributed by atoms with van der Waals surface area (Å²) in [5, 5.41) is 42.5. The highest BCUT2D eigenvalue weighted by atomic mass is 32.1. The molecule has 0 aliphatic carbocycles. The van der Waals surface area contributed by atoms with Gasteiger partial charge >= 0.3 is 12.2 Å². The second kappa shape index (κ2) is 8.43. The first kappa shape index (κ1) is 23.2. The minimum Gasteiger partial charge on any atom is -0.423 e. The largest absolute Gasteiger partial charge is 0.453 e. The third kappa shape index (κ3) is 5.69. The molecule has 1 aromatic carbocycles. The summed E-state index contributed by atoms with van der Waals surface area (Å²) in [5.41, 5.74) is 0.752. The number of urea groups is 1. The van der Waals surface area contributed by atoms with Gasteiger partial charge in [-0.15, -0.1) is 0 Å². The van der Waals surface area contributed by atoms with Gasteiger partial charge in [-0.1, -0.05) is 11.3 Å². The van der Waals surface area contributed by atoms with Gasteiger partial charge in [-0.25, -0.2) is 9.78 Å². The normalized spacial score (nSPS) is 16.6. The van der Waals surface area contributed by atoms with Crippen LogP contribution in [0, 0.1) is 0 Å². The Morgan fingerprint density at radius 1 is 1.30 bits per heavy atom. The third-order valence-electron chi connectivity index (χ3n) is 4.86. The van der Waals surface area contributed by atoms with Crippen LogP contribution in [0.1, 0.15) is 31.3 Å². The van der Waals surface area contributed by atoms with Crippen LogP contribution in [0.25, 0.3) is 11.1 Å². The van der Waals surface area contributed by atoms with Crippen molar-refractivity contribution < 1.29 is 34.4 Å². The maximum Gasteiger partial charge on any atom is 0.453 e. The molecule has 1 aliphatic heterocycles. The van der Waals surface area contributed by atoms with Gasteiger partial charge in [0.1, 0.15) is 11.3 Å². The molecule has 33 heavy (non-hydrogen) atoms. The Morgan fingerprint density at radius 3 is 2.76 bits per heavy atom. The van der Waals surface area contributed by atoms with Crippen molar-refractivity contribution in [3.63, 3.8) is 0 Å². The molecule has 13 heteroatoms. The molecule has 12 nitrogen and oxygen atoms in total. The Kier molecular flexibility index (Phi) is 5.92. The van der Waals surface area contributed by atoms with Gasteiger partial charge in [-0.3, -0.25) is 5.32 Å². The summed E-state index contributed by atoms with van der Waals surface area (Å²) >= 11 is 1.35. The van der Waals surface area contributed by atoms with Crippen LogP contribution in [-0.4, -0.2) is 60.8 Å². The van der Waals surface area contributed by atoms with Crippen LogP contribution >= 0.6 is 11.3 Å². The highest BCUT2D eigenvalue weighted by molar-refractivity contribution is 7.15. The highest BCUT2D eigenvalue weighted by Gasteiger charge is 2.30. The number of anilines is 2. The number of rotatable bonds is 6. The van der Waals surface area contributed by atoms with Crippen LogP contribution in [0.2, 0.25) is 0 Å². The number of hydrogen-bond donors (Lipinski definition) is 6. The van der Waals surface area contributed by atoms with Gasteiger partial charge in [0.05, 0.1) is 17.8 Å². The first-order valence-corrected chi connectivity index (χ1v) is 11.0. The summed E-state index contributed by atoms with van der Waals surface area (Å²) in [6.07, 6.45) is -2.67. The average Bonchev–Trinajstić information content (AvgIpc) is 3.26. The zero-order valence-electron chi connectivity index (χ0n) is 18.2. The van der Waals surface area contributed by atoms with Crippen molar-refractivity contribution in [3.8, 4) is 5.75 Å². The molecule has 0 radical (unpaired) electrons. The number of benzene rings is 1. The fraction of sp³-hybridized carbons (Fsp3) is 0.450. The number of nitrogens with zero attached hydrogens (tertiary/aromatic N) is 3. The molecule has 3 heterocycles. The Hall–Kier alpha value is -2.97. The van der Waals surface area contributed by atoms with Crippen molar-refractivity contribution in [1.29, 1.82) is 0 Å². The number of fused-ring (bicyclic) bond motifs is 2. The van der Waals surface area contributed by atoms with E-state index in [1.54, 1.807) is 19.9 Å². The van der Waals surface area contributed by atoms with Gasteiger partial charge in [0.2, 0.25) is 0 Å². The molecule has 0 bridgehead atoms. The van der Waals surface area contributed by atoms with E-state index in [9.17, 15) is 9.90 Å². The lowest BCUT2D eigenvalue weighted by atomic mass is 10.1. The number of carbonyl (C=O) groups is 1. The van der Waals surface area contributed by atoms with E-state index >= 15 is 0 Å². The van der Waals surface area contributed by atoms with E-state index in [0.717, 1.165) is 10.6 Å². The number of aromatic nitrogens is 2. The van der Waals surface area contributed by atoms with Crippen molar-refractivity contribution in [3.05, 3.63) is 28.8 Å². The maximum absolute atomic E-state index is 12.1. The fourth-order valence-electron chi connectivity index (χ4n) is 3.35. The molecule has 2 amide bonds. The van der Waals surface area contributed by atoms with E-state index in [1.807, 2.05) is 11.8 Å². The molecule has 0 unspecified atom stereocenters. The Labute approximate surface area is 192 Å². The van der Waals surface area contributed by atoms with Crippen LogP contribution in [0.15, 0.2) is 22.6 Å². The summed E-state index contributed by atoms with van der Waals surface area (Å²) in [6, 6.07) is 4.32. The molecule has 1 atom stereocenters. The summed E-state index contributed by atoms with van der Waals surface area (Å²) in [4.78, 5) is 24.0. The predicted octanol–water partition coefficient (Wildman–Crippen LogP) is 1.09. The third-order valence-corrected chi connectivity index (χ3v) is 5.86. The van der Waals surface area contributed by atoms with Crippen LogP contribution in [0.3, 0.4) is 0 Å². The number of ether oxygens (including phenoxy) is 1. The lowest BCUT2D eigenvalue weighted by Gasteiger charge is -2.31. The monoisotopic (exact) mass is 479 g/mol. The SMILES string of the molecule is C[C@@H]1Cc2nc(NC(=O)NCC(C)(C)O)sc2CN1c1nc2cc(OC(O)(O)O)ccc2o1. The predicted molar refractivity (Wildman–Crippen MR) is 119 cm³/mol. The summed E-state index contributed by atoms with van der Waals surface area (Å²) in [6.45, 7) is 5.79. The van der Waals surface area contributed by atoms with Crippen LogP contribution < -0.4 is 20.3 Å². The van der Waals surface area contributed by atoms with Gasteiger partial charge < -0.3 is 39.8 Å². The molecule has 0 saturated carbocycles. The number of thiazole rings is 1. The minimum absolute atomic E-state index is 0.00450. The number of oxazole rings is 1. The number of aliphatic hydroxyl groups is 4. The Morgan fingerprint density at radius 2 is 2.06 bits per heavy atom. The Bertz CT molecular complexity index is 1160. The lowest BCUT2D eigenvalue weighted by molar-refractivity contribution is -0.419. The van der Waals surface area contributed by atoms with Crippen LogP contribution in [0.5, 0.6) is 5.75 Å². The molecule has 0 spiro atoms. The van der Waals surface area contributed by atoms with Gasteiger partial charge in [0, 0.05) is 30.0 Å². The first-order valence-electron chi connectivity index (χ1n) is 10.2. The van der Waals surface area contributed by atoms with E-state index in [2.05, 4.69) is 25.3 Å². The Balaban J connectivity index is 1.48. The average molecular weight is 480 g/mol. The summed E-state index contributed by atoms with van der Waals surface area (Å²) in [5.74, 6) is 0.00450. The number of carbonyl (C=O) groups excluding carboxylic acids is 1. The van der Waals surface area contributed by atoms with Crippen LogP contribution in [-0.2, 0) is 13.0 Å². The smallest absolute Gasteiger partial charge is 0.423 e. The minimum atomic E-state index is -3.29. The zero-order valence-corrected chi connectivity index (χ0v) is 19.0. The highest BCUT2D eigenvalue weighted by Crippen LogP contribution is 2.35. The molecule has 178 valence electrons. The first-order chi connectivity index (χ1) is 15.4. The number of amides is 2. The summed E-state index contributed by atoms with van der Waals surface area (Å²) in [7, 11) is 0. The standard InChI is InChI=1S/C20H25N5O7S/c1-10-6-13-15(33-17(22-13)24-16(26)21-9-19(2,3)27)8-25(10)18-23-12-7-11(32-20(28,29)30)4-5-14(12)31-18/h4-5,7,10,27-30H,6,8-9H2,1-3H3,(H2,21,22,24,26)/t10-/m1/s1. The number of hydrogen-bond acceptors (Lipinski definition) is 11. The fourth-order valence-corrected chi connectivity index (χ4v) is 4.34. The van der Waals surface area contributed by atoms with E-state index < -0.39 is 17.8 Å². The van der Waals surface area contributed by atoms with Crippen LogP contribution in [0.4, 0.5) is 15.9 Å². The van der Waals surface area contributed by atoms with Crippen molar-refractivity contribution in [2.45, 2.75) is 51.5 Å². The molecule has 1 aliphatic rings. The topological polar surface area (TPSA) is 173 Å². The molecule has 0 fully saturated rings. The molecule has 3 aromatic rings. The van der Waals surface area contributed by atoms with Gasteiger partial charge in [0.15, 0.2) is 10.7 Å². The van der Waals surface area contributed by atoms with E-state index in [4.69, 9.17) is 19.7 Å². The van der Waals surface area contributed by atoms with E-state index in [0.29, 0.717) is 35.2 Å². The van der Waals surface area contributed by atoms with Crippen molar-refractivity contribution in [2.24, 2.45) is 0 Å². The zero-order chi connectivity index (χ0) is 24.0. The van der Waals surface area contributed by atoms with Gasteiger partial charge in [0.25, 0.3) is 6.01 Å². The summed E-state index contributed by atoms with van der Waals surface area (Å²) < 4.78 is 10.5. The van der Waals surface area contributed by atoms with Gasteiger partial charge in [-0.2, -0.15) is 4.98 Å². The molecule has 6 N–H and O–H groups in total. The van der Waals surface area contributed by atoms with Gasteiger partial charge in [-0.05, 0) is 32.9 Å². The molecular weight excluding hydrogens is 454 g/mol. The molecule has 0 saturated heterocycles. The second-order valence-electron chi connectivity index (χ2n) is 8.49. The molecular formula is C20H25N5O7S. The van der Waals surface area contributed by atoms with Crippen molar-refractivity contribution >= 4 is 39.6 Å². The molecule has 2 aromatic heterocycles. The molecule has 4 rings (SSSR count). The second-order valence-corrected chi connectivity index (χ2v) is 9.58. The number of nitrogens with one attached hydrogen (secondary N) is 2. The van der Waals surface area contributed by atoms with Crippen molar-refractivity contribution in [1.82, 2.24) is 15.3 Å². The van der Waals surface area contributed by atoms with Crippen molar-refractivity contribution in [2.75, 3.05) is 16.8 Å². The lowest BCUT2D eigenvalue weighted by Crippen LogP contribution is -2.40. The maximum atomic E-state index is 12.1.